The second-order valence-corrected chi connectivity index (χ2v) is 6.45. The van der Waals surface area contributed by atoms with Gasteiger partial charge in [0.15, 0.2) is 5.78 Å². The van der Waals surface area contributed by atoms with E-state index in [0.717, 1.165) is 5.56 Å². The van der Waals surface area contributed by atoms with Crippen LogP contribution in [0.25, 0.3) is 5.76 Å². The fraction of sp³-hybridized carbons (Fsp3) is 0.318. The van der Waals surface area contributed by atoms with Gasteiger partial charge in [0.1, 0.15) is 11.5 Å². The van der Waals surface area contributed by atoms with Crippen LogP contribution in [0.1, 0.15) is 56.1 Å². The van der Waals surface area contributed by atoms with Crippen molar-refractivity contribution in [2.24, 2.45) is 0 Å². The van der Waals surface area contributed by atoms with Gasteiger partial charge in [-0.3, -0.25) is 4.79 Å². The average Bonchev–Trinajstić information content (AvgIpc) is 2.62. The Bertz CT molecular complexity index is 702. The van der Waals surface area contributed by atoms with Crippen LogP contribution in [0, 0.1) is 0 Å². The number of hydrogen-bond acceptors (Lipinski definition) is 3. The minimum absolute atomic E-state index is 0.0443. The molecule has 25 heavy (non-hydrogen) atoms. The highest BCUT2D eigenvalue weighted by Crippen LogP contribution is 2.23. The van der Waals surface area contributed by atoms with Gasteiger partial charge in [0.2, 0.25) is 0 Å². The lowest BCUT2D eigenvalue weighted by Gasteiger charge is -2.18. The summed E-state index contributed by atoms with van der Waals surface area (Å²) >= 11 is 0. The number of carbonyl (C=O) groups excluding carboxylic acids is 1. The summed E-state index contributed by atoms with van der Waals surface area (Å²) in [5.41, 5.74) is 2.34. The van der Waals surface area contributed by atoms with Crippen LogP contribution in [0.4, 0.5) is 0 Å². The maximum atomic E-state index is 12.3. The first-order valence-corrected chi connectivity index (χ1v) is 8.51. The third-order valence-corrected chi connectivity index (χ3v) is 3.69. The molecule has 0 bridgehead atoms. The van der Waals surface area contributed by atoms with Crippen molar-refractivity contribution in [2.75, 3.05) is 7.11 Å². The van der Waals surface area contributed by atoms with Crippen LogP contribution >= 0.6 is 0 Å². The van der Waals surface area contributed by atoms with E-state index >= 15 is 0 Å². The Balaban J connectivity index is 0.00000151. The molecule has 0 heterocycles. The summed E-state index contributed by atoms with van der Waals surface area (Å²) in [7, 11) is 1.58. The van der Waals surface area contributed by atoms with E-state index in [4.69, 9.17) is 4.74 Å². The number of benzene rings is 2. The molecule has 0 fully saturated rings. The van der Waals surface area contributed by atoms with Gasteiger partial charge in [0.05, 0.1) is 7.11 Å². The van der Waals surface area contributed by atoms with Crippen molar-refractivity contribution >= 4 is 11.5 Å². The molecule has 0 unspecified atom stereocenters. The van der Waals surface area contributed by atoms with E-state index in [1.54, 1.807) is 43.5 Å². The van der Waals surface area contributed by atoms with Crippen LogP contribution in [0.5, 0.6) is 5.75 Å². The van der Waals surface area contributed by atoms with Crippen LogP contribution in [0.2, 0.25) is 0 Å². The number of rotatable bonds is 4. The van der Waals surface area contributed by atoms with Crippen molar-refractivity contribution in [3.8, 4) is 5.75 Å². The lowest BCUT2D eigenvalue weighted by molar-refractivity contribution is 0.104. The first kappa shape index (κ1) is 20.5. The Kier molecular flexibility index (Phi) is 7.43. The number of ketones is 1. The fourth-order valence-electron chi connectivity index (χ4n) is 2.19. The minimum atomic E-state index is -0.223. The van der Waals surface area contributed by atoms with Crippen molar-refractivity contribution in [1.82, 2.24) is 0 Å². The Morgan fingerprint density at radius 2 is 1.40 bits per heavy atom. The summed E-state index contributed by atoms with van der Waals surface area (Å²) in [6.45, 7) is 10.4. The minimum Gasteiger partial charge on any atom is -0.507 e. The van der Waals surface area contributed by atoms with Crippen LogP contribution in [-0.2, 0) is 5.41 Å². The van der Waals surface area contributed by atoms with Gasteiger partial charge in [-0.2, -0.15) is 0 Å². The van der Waals surface area contributed by atoms with E-state index in [1.165, 1.54) is 6.08 Å². The Morgan fingerprint density at radius 3 is 1.84 bits per heavy atom. The number of aliphatic hydroxyl groups excluding tert-OH is 1. The number of ether oxygens (including phenoxy) is 1. The number of hydrogen-bond donors (Lipinski definition) is 1. The maximum Gasteiger partial charge on any atom is 0.189 e. The van der Waals surface area contributed by atoms with E-state index in [-0.39, 0.29) is 17.0 Å². The standard InChI is InChI=1S/C20H22O3.C2H6/c1-20(2,3)16-9-5-14(6-10-16)18(21)13-19(22)15-7-11-17(23-4)12-8-15;1-2/h5-13,22H,1-4H3;1-2H3/b19-13-;. The van der Waals surface area contributed by atoms with Gasteiger partial charge in [0, 0.05) is 17.2 Å². The van der Waals surface area contributed by atoms with E-state index in [9.17, 15) is 9.90 Å². The van der Waals surface area contributed by atoms with Gasteiger partial charge >= 0.3 is 0 Å². The van der Waals surface area contributed by atoms with Crippen LogP contribution < -0.4 is 4.74 Å². The predicted molar refractivity (Wildman–Crippen MR) is 104 cm³/mol. The summed E-state index contributed by atoms with van der Waals surface area (Å²) in [5.74, 6) is 0.418. The molecule has 1 N–H and O–H groups in total. The Morgan fingerprint density at radius 1 is 0.920 bits per heavy atom. The molecule has 0 aromatic heterocycles. The first-order valence-electron chi connectivity index (χ1n) is 8.51. The molecule has 0 amide bonds. The molecule has 0 atom stereocenters. The largest absolute Gasteiger partial charge is 0.507 e. The van der Waals surface area contributed by atoms with Crippen molar-refractivity contribution in [2.45, 2.75) is 40.0 Å². The van der Waals surface area contributed by atoms with Crippen molar-refractivity contribution in [3.63, 3.8) is 0 Å². The Hall–Kier alpha value is -2.55. The molecule has 0 aliphatic heterocycles. The quantitative estimate of drug-likeness (QED) is 0.434. The highest BCUT2D eigenvalue weighted by Gasteiger charge is 2.14. The van der Waals surface area contributed by atoms with Crippen molar-refractivity contribution in [1.29, 1.82) is 0 Å². The number of aliphatic hydroxyl groups is 1. The van der Waals surface area contributed by atoms with Gasteiger partial charge in [0.25, 0.3) is 0 Å². The monoisotopic (exact) mass is 340 g/mol. The van der Waals surface area contributed by atoms with E-state index < -0.39 is 0 Å². The van der Waals surface area contributed by atoms with Gasteiger partial charge in [-0.25, -0.2) is 0 Å². The van der Waals surface area contributed by atoms with Crippen molar-refractivity contribution < 1.29 is 14.6 Å². The number of allylic oxidation sites excluding steroid dienone is 1. The highest BCUT2D eigenvalue weighted by molar-refractivity contribution is 6.07. The normalized spacial score (nSPS) is 11.4. The molecule has 2 aromatic rings. The SMILES string of the molecule is CC.COc1ccc(/C(O)=C/C(=O)c2ccc(C(C)(C)C)cc2)cc1. The maximum absolute atomic E-state index is 12.3. The topological polar surface area (TPSA) is 46.5 Å². The van der Waals surface area contributed by atoms with Crippen LogP contribution in [0.3, 0.4) is 0 Å². The zero-order valence-corrected chi connectivity index (χ0v) is 16.0. The molecule has 0 saturated carbocycles. The summed E-state index contributed by atoms with van der Waals surface area (Å²) in [6, 6.07) is 14.4. The van der Waals surface area contributed by atoms with Gasteiger partial charge < -0.3 is 9.84 Å². The second kappa shape index (κ2) is 9.07. The first-order chi connectivity index (χ1) is 11.8. The predicted octanol–water partition coefficient (Wildman–Crippen LogP) is 5.80. The van der Waals surface area contributed by atoms with Gasteiger partial charge in [-0.15, -0.1) is 0 Å². The molecule has 0 radical (unpaired) electrons. The number of methoxy groups -OCH3 is 1. The lowest BCUT2D eigenvalue weighted by Crippen LogP contribution is -2.11. The van der Waals surface area contributed by atoms with Crippen LogP contribution in [0.15, 0.2) is 54.6 Å². The third-order valence-electron chi connectivity index (χ3n) is 3.69. The Labute approximate surface area is 151 Å². The van der Waals surface area contributed by atoms with Crippen LogP contribution in [-0.4, -0.2) is 18.0 Å². The molecule has 0 saturated heterocycles. The zero-order valence-electron chi connectivity index (χ0n) is 16.0. The smallest absolute Gasteiger partial charge is 0.189 e. The molecule has 2 rings (SSSR count). The fourth-order valence-corrected chi connectivity index (χ4v) is 2.19. The molecule has 3 nitrogen and oxygen atoms in total. The highest BCUT2D eigenvalue weighted by atomic mass is 16.5. The average molecular weight is 340 g/mol. The molecule has 3 heteroatoms. The zero-order chi connectivity index (χ0) is 19.0. The van der Waals surface area contributed by atoms with Gasteiger partial charge in [-0.1, -0.05) is 58.9 Å². The summed E-state index contributed by atoms with van der Waals surface area (Å²) in [4.78, 5) is 12.3. The molecular weight excluding hydrogens is 312 g/mol. The third kappa shape index (κ3) is 5.79. The van der Waals surface area contributed by atoms with Crippen molar-refractivity contribution in [3.05, 3.63) is 71.3 Å². The van der Waals surface area contributed by atoms with E-state index in [0.29, 0.717) is 16.9 Å². The molecule has 2 aromatic carbocycles. The molecule has 134 valence electrons. The lowest BCUT2D eigenvalue weighted by atomic mass is 9.86. The molecule has 0 aliphatic rings. The van der Waals surface area contributed by atoms with E-state index in [2.05, 4.69) is 20.8 Å². The summed E-state index contributed by atoms with van der Waals surface area (Å²) < 4.78 is 5.07. The summed E-state index contributed by atoms with van der Waals surface area (Å²) in [6.07, 6.45) is 1.24. The van der Waals surface area contributed by atoms with E-state index in [1.807, 2.05) is 26.0 Å². The molecule has 0 aliphatic carbocycles. The summed E-state index contributed by atoms with van der Waals surface area (Å²) in [5, 5.41) is 10.1. The van der Waals surface area contributed by atoms with Gasteiger partial charge in [-0.05, 0) is 35.2 Å². The molecule has 0 spiro atoms. The molecular formula is C22H28O3. The second-order valence-electron chi connectivity index (χ2n) is 6.45. The number of carbonyl (C=O) groups is 1.